The number of hydrogen-bond donors (Lipinski definition) is 2. The summed E-state index contributed by atoms with van der Waals surface area (Å²) in [6, 6.07) is 12.8. The molecule has 0 spiro atoms. The average Bonchev–Trinajstić information content (AvgIpc) is 2.57. The van der Waals surface area contributed by atoms with E-state index in [0.717, 1.165) is 0 Å². The molecule has 2 amide bonds. The number of carbonyl (C=O) groups is 1. The van der Waals surface area contributed by atoms with E-state index in [2.05, 4.69) is 5.32 Å². The molecule has 0 aliphatic carbocycles. The van der Waals surface area contributed by atoms with Crippen LogP contribution in [0.25, 0.3) is 6.08 Å². The van der Waals surface area contributed by atoms with Crippen molar-refractivity contribution in [1.82, 2.24) is 10.4 Å². The molecule has 0 radical (unpaired) electrons. The second-order valence-corrected chi connectivity index (χ2v) is 6.77. The number of nitrogens with one attached hydrogen (secondary N) is 1. The fourth-order valence-electron chi connectivity index (χ4n) is 2.07. The van der Waals surface area contributed by atoms with Gasteiger partial charge in [0.1, 0.15) is 5.75 Å². The van der Waals surface area contributed by atoms with Crippen LogP contribution in [0.2, 0.25) is 0 Å². The van der Waals surface area contributed by atoms with Gasteiger partial charge in [-0.25, -0.2) is 14.2 Å². The highest BCUT2D eigenvalue weighted by atomic mass is 19.1. The van der Waals surface area contributed by atoms with E-state index in [-0.39, 0.29) is 12.3 Å². The van der Waals surface area contributed by atoms with Crippen molar-refractivity contribution in [2.24, 2.45) is 0 Å². The number of para-hydroxylation sites is 1. The molecule has 0 fully saturated rings. The second kappa shape index (κ2) is 8.49. The number of amides is 2. The zero-order valence-electron chi connectivity index (χ0n) is 15.1. The van der Waals surface area contributed by atoms with Gasteiger partial charge in [0, 0.05) is 5.54 Å². The molecule has 0 atom stereocenters. The molecule has 2 aromatic carbocycles. The Morgan fingerprint density at radius 1 is 1.23 bits per heavy atom. The molecule has 0 bridgehead atoms. The lowest BCUT2D eigenvalue weighted by atomic mass is 10.1. The maximum Gasteiger partial charge on any atom is 0.341 e. The van der Waals surface area contributed by atoms with E-state index in [9.17, 15) is 14.4 Å². The van der Waals surface area contributed by atoms with E-state index in [1.54, 1.807) is 48.6 Å². The van der Waals surface area contributed by atoms with Crippen LogP contribution in [0.15, 0.2) is 54.6 Å². The average molecular weight is 358 g/mol. The normalized spacial score (nSPS) is 11.4. The summed E-state index contributed by atoms with van der Waals surface area (Å²) in [5, 5.41) is 13.0. The predicted octanol–water partition coefficient (Wildman–Crippen LogP) is 4.83. The van der Waals surface area contributed by atoms with Crippen LogP contribution < -0.4 is 10.1 Å². The van der Waals surface area contributed by atoms with E-state index in [4.69, 9.17) is 4.74 Å². The number of hydrogen-bond acceptors (Lipinski definition) is 3. The van der Waals surface area contributed by atoms with Crippen LogP contribution in [-0.4, -0.2) is 28.4 Å². The van der Waals surface area contributed by atoms with E-state index in [1.807, 2.05) is 26.8 Å². The third-order valence-electron chi connectivity index (χ3n) is 3.23. The molecule has 0 saturated heterocycles. The number of hydroxylamine groups is 2. The molecule has 138 valence electrons. The van der Waals surface area contributed by atoms with Crippen LogP contribution in [0, 0.1) is 5.82 Å². The molecule has 0 aromatic heterocycles. The molecule has 5 nitrogen and oxygen atoms in total. The summed E-state index contributed by atoms with van der Waals surface area (Å²) in [5.41, 5.74) is 0.240. The van der Waals surface area contributed by atoms with E-state index >= 15 is 0 Å². The van der Waals surface area contributed by atoms with Crippen molar-refractivity contribution in [3.05, 3.63) is 66.0 Å². The topological polar surface area (TPSA) is 61.8 Å². The number of halogens is 1. The van der Waals surface area contributed by atoms with Crippen LogP contribution in [0.5, 0.6) is 11.5 Å². The Kier molecular flexibility index (Phi) is 6.36. The van der Waals surface area contributed by atoms with Gasteiger partial charge >= 0.3 is 6.03 Å². The Morgan fingerprint density at radius 3 is 2.58 bits per heavy atom. The van der Waals surface area contributed by atoms with Crippen LogP contribution in [0.4, 0.5) is 9.18 Å². The summed E-state index contributed by atoms with van der Waals surface area (Å²) in [6.45, 7) is 5.46. The van der Waals surface area contributed by atoms with Crippen molar-refractivity contribution >= 4 is 12.1 Å². The fourth-order valence-corrected chi connectivity index (χ4v) is 2.07. The minimum absolute atomic E-state index is 0.00579. The third kappa shape index (κ3) is 6.22. The lowest BCUT2D eigenvalue weighted by molar-refractivity contribution is -0.0348. The molecular formula is C20H23FN2O3. The maximum absolute atomic E-state index is 13.9. The predicted molar refractivity (Wildman–Crippen MR) is 98.7 cm³/mol. The summed E-state index contributed by atoms with van der Waals surface area (Å²) in [7, 11) is 0. The molecular weight excluding hydrogens is 335 g/mol. The van der Waals surface area contributed by atoms with Crippen LogP contribution >= 0.6 is 0 Å². The molecule has 0 aliphatic rings. The summed E-state index contributed by atoms with van der Waals surface area (Å²) in [6.07, 6.45) is 3.27. The number of rotatable bonds is 5. The van der Waals surface area contributed by atoms with Gasteiger partial charge in [-0.15, -0.1) is 0 Å². The van der Waals surface area contributed by atoms with Gasteiger partial charge in [0.2, 0.25) is 0 Å². The largest absolute Gasteiger partial charge is 0.454 e. The van der Waals surface area contributed by atoms with Gasteiger partial charge in [-0.2, -0.15) is 0 Å². The fraction of sp³-hybridized carbons (Fsp3) is 0.250. The first kappa shape index (κ1) is 19.5. The Balaban J connectivity index is 2.00. The molecule has 0 saturated carbocycles. The standard InChI is InChI=1S/C20H23FN2O3/c1-20(2,3)22-19(24)23(25)13-7-8-15-11-12-17(21)18(14-15)26-16-9-5-4-6-10-16/h4-12,14,25H,13H2,1-3H3,(H,22,24)/b8-7+. The number of nitrogens with zero attached hydrogens (tertiary/aromatic N) is 1. The molecule has 2 aromatic rings. The minimum atomic E-state index is -0.589. The van der Waals surface area contributed by atoms with Gasteiger partial charge in [0.15, 0.2) is 11.6 Å². The second-order valence-electron chi connectivity index (χ2n) is 6.77. The summed E-state index contributed by atoms with van der Waals surface area (Å²) < 4.78 is 19.5. The Hall–Kier alpha value is -2.86. The smallest absolute Gasteiger partial charge is 0.341 e. The van der Waals surface area contributed by atoms with Gasteiger partial charge in [-0.05, 0) is 50.6 Å². The highest BCUT2D eigenvalue weighted by Gasteiger charge is 2.17. The van der Waals surface area contributed by atoms with Gasteiger partial charge in [0.05, 0.1) is 6.54 Å². The number of benzene rings is 2. The SMILES string of the molecule is CC(C)(C)NC(=O)N(O)C/C=C/c1ccc(F)c(Oc2ccccc2)c1. The maximum atomic E-state index is 13.9. The first-order chi connectivity index (χ1) is 12.2. The van der Waals surface area contributed by atoms with Gasteiger partial charge in [-0.3, -0.25) is 5.21 Å². The number of carbonyl (C=O) groups excluding carboxylic acids is 1. The van der Waals surface area contributed by atoms with Crippen molar-refractivity contribution in [2.45, 2.75) is 26.3 Å². The molecule has 0 heterocycles. The zero-order valence-corrected chi connectivity index (χ0v) is 15.1. The molecule has 0 unspecified atom stereocenters. The van der Waals surface area contributed by atoms with Crippen LogP contribution in [-0.2, 0) is 0 Å². The lowest BCUT2D eigenvalue weighted by Gasteiger charge is -2.23. The van der Waals surface area contributed by atoms with Crippen molar-refractivity contribution in [3.8, 4) is 11.5 Å². The molecule has 0 aliphatic heterocycles. The monoisotopic (exact) mass is 358 g/mol. The zero-order chi connectivity index (χ0) is 19.2. The Labute approximate surface area is 152 Å². The van der Waals surface area contributed by atoms with E-state index in [0.29, 0.717) is 16.4 Å². The number of urea groups is 1. The van der Waals surface area contributed by atoms with Crippen molar-refractivity contribution < 1.29 is 19.1 Å². The molecule has 26 heavy (non-hydrogen) atoms. The first-order valence-corrected chi connectivity index (χ1v) is 8.22. The summed E-state index contributed by atoms with van der Waals surface area (Å²) in [4.78, 5) is 11.8. The Morgan fingerprint density at radius 2 is 1.92 bits per heavy atom. The van der Waals surface area contributed by atoms with Crippen molar-refractivity contribution in [2.75, 3.05) is 6.54 Å². The molecule has 6 heteroatoms. The van der Waals surface area contributed by atoms with Crippen molar-refractivity contribution in [1.29, 1.82) is 0 Å². The van der Waals surface area contributed by atoms with Gasteiger partial charge < -0.3 is 10.1 Å². The van der Waals surface area contributed by atoms with Crippen molar-refractivity contribution in [3.63, 3.8) is 0 Å². The van der Waals surface area contributed by atoms with E-state index < -0.39 is 17.4 Å². The third-order valence-corrected chi connectivity index (χ3v) is 3.23. The highest BCUT2D eigenvalue weighted by Crippen LogP contribution is 2.25. The molecule has 2 rings (SSSR count). The van der Waals surface area contributed by atoms with Crippen LogP contribution in [0.1, 0.15) is 26.3 Å². The molecule has 2 N–H and O–H groups in total. The lowest BCUT2D eigenvalue weighted by Crippen LogP contribution is -2.47. The summed E-state index contributed by atoms with van der Waals surface area (Å²) in [5.74, 6) is 0.164. The number of ether oxygens (including phenoxy) is 1. The first-order valence-electron chi connectivity index (χ1n) is 8.22. The highest BCUT2D eigenvalue weighted by molar-refractivity contribution is 5.74. The van der Waals surface area contributed by atoms with Gasteiger partial charge in [0.25, 0.3) is 0 Å². The summed E-state index contributed by atoms with van der Waals surface area (Å²) >= 11 is 0. The van der Waals surface area contributed by atoms with Gasteiger partial charge in [-0.1, -0.05) is 36.4 Å². The minimum Gasteiger partial charge on any atom is -0.454 e. The van der Waals surface area contributed by atoms with E-state index in [1.165, 1.54) is 6.07 Å². The van der Waals surface area contributed by atoms with Crippen LogP contribution in [0.3, 0.4) is 0 Å². The quantitative estimate of drug-likeness (QED) is 0.594. The Bertz CT molecular complexity index is 770.